The number of hydrogen-bond donors (Lipinski definition) is 2. The van der Waals surface area contributed by atoms with Crippen LogP contribution in [0.4, 0.5) is 13.2 Å². The van der Waals surface area contributed by atoms with Crippen molar-refractivity contribution in [3.63, 3.8) is 0 Å². The molecule has 0 bridgehead atoms. The van der Waals surface area contributed by atoms with Crippen LogP contribution in [0.2, 0.25) is 0 Å². The summed E-state index contributed by atoms with van der Waals surface area (Å²) in [7, 11) is 0. The lowest BCUT2D eigenvalue weighted by atomic mass is 10.0. The van der Waals surface area contributed by atoms with E-state index >= 15 is 0 Å². The van der Waals surface area contributed by atoms with E-state index in [1.807, 2.05) is 0 Å². The Morgan fingerprint density at radius 1 is 1.47 bits per heavy atom. The third-order valence-electron chi connectivity index (χ3n) is 2.72. The number of aromatic hydroxyl groups is 1. The van der Waals surface area contributed by atoms with E-state index in [1.54, 1.807) is 13.0 Å². The van der Waals surface area contributed by atoms with Gasteiger partial charge in [-0.3, -0.25) is 4.79 Å². The zero-order valence-corrected chi connectivity index (χ0v) is 10.2. The van der Waals surface area contributed by atoms with Gasteiger partial charge in [-0.05, 0) is 19.4 Å². The molecule has 1 rings (SSSR count). The Labute approximate surface area is 107 Å². The number of nitriles is 1. The van der Waals surface area contributed by atoms with E-state index in [1.165, 1.54) is 6.92 Å². The van der Waals surface area contributed by atoms with E-state index in [0.29, 0.717) is 6.07 Å². The Hall–Kier alpha value is -2.23. The standard InChI is InChI=1S/C12H11F3N2O2/c1-3-12(2,5-16)17-11(19)6-4-7(13)9(15)10(18)8(6)14/h4,18H,3H2,1-2H3,(H,17,19). The number of halogens is 3. The van der Waals surface area contributed by atoms with Crippen molar-refractivity contribution < 1.29 is 23.1 Å². The lowest BCUT2D eigenvalue weighted by Crippen LogP contribution is -2.44. The lowest BCUT2D eigenvalue weighted by Gasteiger charge is -2.21. The van der Waals surface area contributed by atoms with Crippen LogP contribution >= 0.6 is 0 Å². The molecule has 0 aliphatic rings. The summed E-state index contributed by atoms with van der Waals surface area (Å²) >= 11 is 0. The van der Waals surface area contributed by atoms with Crippen LogP contribution in [-0.2, 0) is 0 Å². The number of phenols is 1. The van der Waals surface area contributed by atoms with E-state index in [9.17, 15) is 18.0 Å². The Morgan fingerprint density at radius 3 is 2.53 bits per heavy atom. The number of nitrogens with one attached hydrogen (secondary N) is 1. The second-order valence-corrected chi connectivity index (χ2v) is 4.13. The molecule has 0 spiro atoms. The first-order chi connectivity index (χ1) is 8.75. The third-order valence-corrected chi connectivity index (χ3v) is 2.72. The van der Waals surface area contributed by atoms with Crippen LogP contribution < -0.4 is 5.32 Å². The van der Waals surface area contributed by atoms with Crippen molar-refractivity contribution >= 4 is 5.91 Å². The molecule has 0 saturated carbocycles. The molecule has 0 aliphatic carbocycles. The zero-order valence-electron chi connectivity index (χ0n) is 10.2. The van der Waals surface area contributed by atoms with Gasteiger partial charge in [0.1, 0.15) is 5.54 Å². The van der Waals surface area contributed by atoms with Crippen LogP contribution in [0, 0.1) is 28.8 Å². The van der Waals surface area contributed by atoms with Crippen LogP contribution in [0.1, 0.15) is 30.6 Å². The molecule has 0 aliphatic heterocycles. The number of hydrogen-bond acceptors (Lipinski definition) is 3. The van der Waals surface area contributed by atoms with Crippen molar-refractivity contribution in [1.82, 2.24) is 5.32 Å². The van der Waals surface area contributed by atoms with Gasteiger partial charge in [0, 0.05) is 0 Å². The fraction of sp³-hybridized carbons (Fsp3) is 0.333. The molecular formula is C12H11F3N2O2. The Kier molecular flexibility index (Phi) is 4.04. The van der Waals surface area contributed by atoms with Crippen LogP contribution in [0.3, 0.4) is 0 Å². The Balaban J connectivity index is 3.19. The molecule has 102 valence electrons. The van der Waals surface area contributed by atoms with E-state index in [-0.39, 0.29) is 6.42 Å². The van der Waals surface area contributed by atoms with Gasteiger partial charge in [-0.15, -0.1) is 0 Å². The fourth-order valence-corrected chi connectivity index (χ4v) is 1.27. The first-order valence-electron chi connectivity index (χ1n) is 5.36. The average Bonchev–Trinajstić information content (AvgIpc) is 2.40. The van der Waals surface area contributed by atoms with Gasteiger partial charge in [0.05, 0.1) is 11.6 Å². The molecule has 0 aromatic heterocycles. The summed E-state index contributed by atoms with van der Waals surface area (Å²) in [5.41, 5.74) is -2.14. The number of benzene rings is 1. The van der Waals surface area contributed by atoms with Gasteiger partial charge in [0.2, 0.25) is 5.82 Å². The number of nitrogens with zero attached hydrogens (tertiary/aromatic N) is 1. The van der Waals surface area contributed by atoms with Gasteiger partial charge in [-0.25, -0.2) is 8.78 Å². The van der Waals surface area contributed by atoms with Crippen molar-refractivity contribution in [1.29, 1.82) is 5.26 Å². The van der Waals surface area contributed by atoms with E-state index < -0.39 is 40.2 Å². The predicted molar refractivity (Wildman–Crippen MR) is 59.8 cm³/mol. The number of phenolic OH excluding ortho intramolecular Hbond substituents is 1. The van der Waals surface area contributed by atoms with Crippen molar-refractivity contribution in [3.05, 3.63) is 29.1 Å². The smallest absolute Gasteiger partial charge is 0.255 e. The second kappa shape index (κ2) is 5.18. The highest BCUT2D eigenvalue weighted by atomic mass is 19.2. The quantitative estimate of drug-likeness (QED) is 0.829. The lowest BCUT2D eigenvalue weighted by molar-refractivity contribution is 0.0917. The average molecular weight is 272 g/mol. The molecule has 19 heavy (non-hydrogen) atoms. The molecule has 7 heteroatoms. The zero-order chi connectivity index (χ0) is 14.8. The summed E-state index contributed by atoms with van der Waals surface area (Å²) in [5.74, 6) is -7.59. The van der Waals surface area contributed by atoms with Crippen molar-refractivity contribution in [3.8, 4) is 11.8 Å². The van der Waals surface area contributed by atoms with E-state index in [0.717, 1.165) is 0 Å². The molecule has 0 saturated heterocycles. The number of amides is 1. The van der Waals surface area contributed by atoms with Gasteiger partial charge in [-0.1, -0.05) is 6.92 Å². The first-order valence-corrected chi connectivity index (χ1v) is 5.36. The number of carbonyl (C=O) groups excluding carboxylic acids is 1. The SMILES string of the molecule is CCC(C)(C#N)NC(=O)c1cc(F)c(F)c(O)c1F. The Morgan fingerprint density at radius 2 is 2.05 bits per heavy atom. The highest BCUT2D eigenvalue weighted by Gasteiger charge is 2.28. The summed E-state index contributed by atoms with van der Waals surface area (Å²) in [4.78, 5) is 11.7. The summed E-state index contributed by atoms with van der Waals surface area (Å²) in [5, 5.41) is 20.0. The van der Waals surface area contributed by atoms with Gasteiger partial charge in [0.15, 0.2) is 17.4 Å². The second-order valence-electron chi connectivity index (χ2n) is 4.13. The summed E-state index contributed by atoms with van der Waals surface area (Å²) in [6.45, 7) is 3.01. The summed E-state index contributed by atoms with van der Waals surface area (Å²) < 4.78 is 39.4. The van der Waals surface area contributed by atoms with Gasteiger partial charge < -0.3 is 10.4 Å². The minimum Gasteiger partial charge on any atom is -0.503 e. The van der Waals surface area contributed by atoms with Crippen molar-refractivity contribution in [2.24, 2.45) is 0 Å². The highest BCUT2D eigenvalue weighted by Crippen LogP contribution is 2.26. The maximum atomic E-state index is 13.5. The monoisotopic (exact) mass is 272 g/mol. The van der Waals surface area contributed by atoms with Crippen LogP contribution in [0.25, 0.3) is 0 Å². The molecule has 1 aromatic rings. The Bertz CT molecular complexity index is 569. The van der Waals surface area contributed by atoms with E-state index in [2.05, 4.69) is 5.32 Å². The van der Waals surface area contributed by atoms with Crippen LogP contribution in [-0.4, -0.2) is 16.6 Å². The summed E-state index contributed by atoms with van der Waals surface area (Å²) in [6, 6.07) is 2.13. The molecule has 1 amide bonds. The minimum absolute atomic E-state index is 0.229. The number of rotatable bonds is 3. The van der Waals surface area contributed by atoms with Crippen LogP contribution in [0.15, 0.2) is 6.07 Å². The molecule has 2 N–H and O–H groups in total. The molecule has 0 radical (unpaired) electrons. The molecule has 1 unspecified atom stereocenters. The number of carbonyl (C=O) groups is 1. The van der Waals surface area contributed by atoms with Crippen LogP contribution in [0.5, 0.6) is 5.75 Å². The largest absolute Gasteiger partial charge is 0.503 e. The fourth-order valence-electron chi connectivity index (χ4n) is 1.27. The van der Waals surface area contributed by atoms with Crippen molar-refractivity contribution in [2.45, 2.75) is 25.8 Å². The van der Waals surface area contributed by atoms with Gasteiger partial charge in [0.25, 0.3) is 5.91 Å². The molecule has 4 nitrogen and oxygen atoms in total. The maximum Gasteiger partial charge on any atom is 0.255 e. The molecular weight excluding hydrogens is 261 g/mol. The minimum atomic E-state index is -1.77. The molecule has 1 atom stereocenters. The first kappa shape index (κ1) is 14.8. The third kappa shape index (κ3) is 2.78. The molecule has 0 heterocycles. The predicted octanol–water partition coefficient (Wildman–Crippen LogP) is 2.23. The maximum absolute atomic E-state index is 13.5. The highest BCUT2D eigenvalue weighted by molar-refractivity contribution is 5.95. The molecule has 0 fully saturated rings. The van der Waals surface area contributed by atoms with Crippen molar-refractivity contribution in [2.75, 3.05) is 0 Å². The topological polar surface area (TPSA) is 73.1 Å². The normalized spacial score (nSPS) is 13.5. The van der Waals surface area contributed by atoms with Gasteiger partial charge in [-0.2, -0.15) is 9.65 Å². The van der Waals surface area contributed by atoms with E-state index in [4.69, 9.17) is 10.4 Å². The van der Waals surface area contributed by atoms with Gasteiger partial charge >= 0.3 is 0 Å². The molecule has 1 aromatic carbocycles. The summed E-state index contributed by atoms with van der Waals surface area (Å²) in [6.07, 6.45) is 0.229.